The number of aryl methyl sites for hydroxylation is 1. The van der Waals surface area contributed by atoms with E-state index in [0.717, 1.165) is 20.3 Å². The van der Waals surface area contributed by atoms with Gasteiger partial charge in [-0.2, -0.15) is 0 Å². The second-order valence-corrected chi connectivity index (χ2v) is 4.84. The van der Waals surface area contributed by atoms with Crippen molar-refractivity contribution in [3.63, 3.8) is 0 Å². The highest BCUT2D eigenvalue weighted by Crippen LogP contribution is 2.36. The molecular weight excluding hydrogens is 216 g/mol. The van der Waals surface area contributed by atoms with Crippen molar-refractivity contribution in [2.24, 2.45) is 0 Å². The lowest BCUT2D eigenvalue weighted by Crippen LogP contribution is -1.76. The van der Waals surface area contributed by atoms with E-state index in [9.17, 15) is 5.11 Å². The number of halogens is 1. The van der Waals surface area contributed by atoms with Crippen LogP contribution in [0.1, 0.15) is 5.56 Å². The molecule has 1 heterocycles. The third-order valence-electron chi connectivity index (χ3n) is 1.99. The molecule has 2 aromatic rings. The monoisotopic (exact) mass is 224 g/mol. The molecule has 0 aliphatic carbocycles. The van der Waals surface area contributed by atoms with Gasteiger partial charge in [0.25, 0.3) is 0 Å². The number of thiophene rings is 1. The fourth-order valence-electron chi connectivity index (χ4n) is 1.31. The summed E-state index contributed by atoms with van der Waals surface area (Å²) in [6.45, 7) is 2.00. The minimum atomic E-state index is 0.300. The van der Waals surface area contributed by atoms with Gasteiger partial charge in [-0.05, 0) is 31.2 Å². The standard InChI is InChI=1S/C11H9ClOS/c1-7-2-3-9(13)8(6-7)10-4-5-11(12)14-10/h2-6,13H,1H3. The molecule has 0 saturated carbocycles. The zero-order valence-electron chi connectivity index (χ0n) is 7.62. The number of rotatable bonds is 1. The quantitative estimate of drug-likeness (QED) is 0.774. The van der Waals surface area contributed by atoms with Crippen LogP contribution in [-0.2, 0) is 0 Å². The fourth-order valence-corrected chi connectivity index (χ4v) is 2.37. The molecule has 0 saturated heterocycles. The van der Waals surface area contributed by atoms with Crippen LogP contribution in [0.5, 0.6) is 5.75 Å². The molecule has 1 nitrogen and oxygen atoms in total. The Balaban J connectivity index is 2.55. The molecule has 0 radical (unpaired) electrons. The Labute approximate surface area is 91.6 Å². The molecule has 0 unspecified atom stereocenters. The first-order valence-electron chi connectivity index (χ1n) is 4.22. The summed E-state index contributed by atoms with van der Waals surface area (Å²) in [6.07, 6.45) is 0. The van der Waals surface area contributed by atoms with Gasteiger partial charge in [0.05, 0.1) is 4.34 Å². The molecule has 0 bridgehead atoms. The third-order valence-corrected chi connectivity index (χ3v) is 3.26. The smallest absolute Gasteiger partial charge is 0.124 e. The molecule has 0 amide bonds. The Morgan fingerprint density at radius 1 is 1.21 bits per heavy atom. The second kappa shape index (κ2) is 3.64. The lowest BCUT2D eigenvalue weighted by atomic mass is 10.1. The van der Waals surface area contributed by atoms with Crippen LogP contribution in [0.4, 0.5) is 0 Å². The Morgan fingerprint density at radius 2 is 2.00 bits per heavy atom. The first kappa shape index (κ1) is 9.56. The number of hydrogen-bond donors (Lipinski definition) is 1. The van der Waals surface area contributed by atoms with Crippen molar-refractivity contribution < 1.29 is 5.11 Å². The minimum absolute atomic E-state index is 0.300. The van der Waals surface area contributed by atoms with Crippen LogP contribution in [0.2, 0.25) is 4.34 Å². The van der Waals surface area contributed by atoms with Crippen LogP contribution in [0.25, 0.3) is 10.4 Å². The summed E-state index contributed by atoms with van der Waals surface area (Å²) < 4.78 is 0.737. The molecule has 1 aromatic heterocycles. The maximum absolute atomic E-state index is 9.66. The van der Waals surface area contributed by atoms with Gasteiger partial charge in [0.2, 0.25) is 0 Å². The lowest BCUT2D eigenvalue weighted by molar-refractivity contribution is 0.477. The van der Waals surface area contributed by atoms with E-state index in [1.807, 2.05) is 31.2 Å². The average molecular weight is 225 g/mol. The van der Waals surface area contributed by atoms with Gasteiger partial charge in [0, 0.05) is 10.4 Å². The predicted molar refractivity (Wildman–Crippen MR) is 61.2 cm³/mol. The van der Waals surface area contributed by atoms with Crippen molar-refractivity contribution in [1.29, 1.82) is 0 Å². The van der Waals surface area contributed by atoms with Gasteiger partial charge in [-0.1, -0.05) is 23.2 Å². The van der Waals surface area contributed by atoms with E-state index in [4.69, 9.17) is 11.6 Å². The van der Waals surface area contributed by atoms with Crippen molar-refractivity contribution in [2.75, 3.05) is 0 Å². The molecule has 0 aliphatic rings. The average Bonchev–Trinajstić information content (AvgIpc) is 2.56. The Kier molecular flexibility index (Phi) is 2.48. The van der Waals surface area contributed by atoms with Gasteiger partial charge >= 0.3 is 0 Å². The fraction of sp³-hybridized carbons (Fsp3) is 0.0909. The molecule has 72 valence electrons. The summed E-state index contributed by atoms with van der Waals surface area (Å²) in [4.78, 5) is 0.996. The molecule has 14 heavy (non-hydrogen) atoms. The zero-order valence-corrected chi connectivity index (χ0v) is 9.19. The maximum atomic E-state index is 9.66. The summed E-state index contributed by atoms with van der Waals surface area (Å²) in [6, 6.07) is 9.30. The van der Waals surface area contributed by atoms with Gasteiger partial charge < -0.3 is 5.11 Å². The molecule has 3 heteroatoms. The van der Waals surface area contributed by atoms with Crippen molar-refractivity contribution >= 4 is 22.9 Å². The van der Waals surface area contributed by atoms with Crippen LogP contribution in [0.15, 0.2) is 30.3 Å². The van der Waals surface area contributed by atoms with E-state index in [0.29, 0.717) is 5.75 Å². The van der Waals surface area contributed by atoms with E-state index in [1.54, 1.807) is 6.07 Å². The number of hydrogen-bond acceptors (Lipinski definition) is 2. The van der Waals surface area contributed by atoms with Gasteiger partial charge in [-0.3, -0.25) is 0 Å². The molecule has 0 aliphatic heterocycles. The molecule has 0 fully saturated rings. The van der Waals surface area contributed by atoms with Gasteiger partial charge in [-0.15, -0.1) is 11.3 Å². The highest BCUT2D eigenvalue weighted by atomic mass is 35.5. The van der Waals surface area contributed by atoms with Crippen molar-refractivity contribution in [2.45, 2.75) is 6.92 Å². The Morgan fingerprint density at radius 3 is 2.64 bits per heavy atom. The van der Waals surface area contributed by atoms with Crippen LogP contribution in [-0.4, -0.2) is 5.11 Å². The maximum Gasteiger partial charge on any atom is 0.124 e. The van der Waals surface area contributed by atoms with Crippen molar-refractivity contribution in [3.05, 3.63) is 40.2 Å². The van der Waals surface area contributed by atoms with Crippen LogP contribution in [0, 0.1) is 6.92 Å². The summed E-state index contributed by atoms with van der Waals surface area (Å²) >= 11 is 7.31. The third kappa shape index (κ3) is 1.76. The largest absolute Gasteiger partial charge is 0.507 e. The minimum Gasteiger partial charge on any atom is -0.507 e. The van der Waals surface area contributed by atoms with E-state index >= 15 is 0 Å². The second-order valence-electron chi connectivity index (χ2n) is 3.12. The van der Waals surface area contributed by atoms with E-state index in [-0.39, 0.29) is 0 Å². The predicted octanol–water partition coefficient (Wildman–Crippen LogP) is 4.08. The Hall–Kier alpha value is -0.990. The van der Waals surface area contributed by atoms with Crippen molar-refractivity contribution in [1.82, 2.24) is 0 Å². The molecule has 2 rings (SSSR count). The van der Waals surface area contributed by atoms with Gasteiger partial charge in [-0.25, -0.2) is 0 Å². The van der Waals surface area contributed by atoms with Gasteiger partial charge in [0.1, 0.15) is 5.75 Å². The summed E-state index contributed by atoms with van der Waals surface area (Å²) in [7, 11) is 0. The summed E-state index contributed by atoms with van der Waals surface area (Å²) in [5.41, 5.74) is 1.98. The number of phenols is 1. The normalized spacial score (nSPS) is 10.4. The first-order chi connectivity index (χ1) is 6.66. The van der Waals surface area contributed by atoms with E-state index in [1.165, 1.54) is 11.3 Å². The highest BCUT2D eigenvalue weighted by molar-refractivity contribution is 7.19. The number of benzene rings is 1. The van der Waals surface area contributed by atoms with E-state index in [2.05, 4.69) is 0 Å². The molecule has 0 atom stereocenters. The lowest BCUT2D eigenvalue weighted by Gasteiger charge is -2.02. The van der Waals surface area contributed by atoms with Crippen LogP contribution in [0.3, 0.4) is 0 Å². The summed E-state index contributed by atoms with van der Waals surface area (Å²) in [5, 5.41) is 9.66. The highest BCUT2D eigenvalue weighted by Gasteiger charge is 2.06. The van der Waals surface area contributed by atoms with Gasteiger partial charge in [0.15, 0.2) is 0 Å². The van der Waals surface area contributed by atoms with Crippen molar-refractivity contribution in [3.8, 4) is 16.2 Å². The molecule has 1 aromatic carbocycles. The van der Waals surface area contributed by atoms with Crippen LogP contribution < -0.4 is 0 Å². The topological polar surface area (TPSA) is 20.2 Å². The number of phenolic OH excluding ortho intramolecular Hbond substituents is 1. The molecule has 1 N–H and O–H groups in total. The van der Waals surface area contributed by atoms with E-state index < -0.39 is 0 Å². The summed E-state index contributed by atoms with van der Waals surface area (Å²) in [5.74, 6) is 0.300. The zero-order chi connectivity index (χ0) is 10.1. The van der Waals surface area contributed by atoms with Crippen LogP contribution >= 0.6 is 22.9 Å². The molecular formula is C11H9ClOS. The first-order valence-corrected chi connectivity index (χ1v) is 5.41. The Bertz CT molecular complexity index is 462. The number of aromatic hydroxyl groups is 1. The SMILES string of the molecule is Cc1ccc(O)c(-c2ccc(Cl)s2)c1. The molecule has 0 spiro atoms.